The average molecular weight is 305 g/mol. The van der Waals surface area contributed by atoms with E-state index in [2.05, 4.69) is 10.4 Å². The SMILES string of the molecule is O=CNC(CSCc1ccn(-c2ccccc2)n1)C(=O)O. The molecule has 0 spiro atoms. The van der Waals surface area contributed by atoms with E-state index in [9.17, 15) is 9.59 Å². The zero-order chi connectivity index (χ0) is 15.1. The standard InChI is InChI=1S/C14H15N3O3S/c18-10-15-13(14(19)20)9-21-8-11-6-7-17(16-11)12-4-2-1-3-5-12/h1-7,10,13H,8-9H2,(H,15,18)(H,19,20). The van der Waals surface area contributed by atoms with E-state index in [1.165, 1.54) is 11.8 Å². The van der Waals surface area contributed by atoms with Crippen LogP contribution in [0.3, 0.4) is 0 Å². The molecular weight excluding hydrogens is 290 g/mol. The van der Waals surface area contributed by atoms with Gasteiger partial charge in [0.15, 0.2) is 0 Å². The van der Waals surface area contributed by atoms with Crippen molar-refractivity contribution < 1.29 is 14.7 Å². The maximum Gasteiger partial charge on any atom is 0.327 e. The number of thioether (sulfide) groups is 1. The minimum atomic E-state index is -1.04. The van der Waals surface area contributed by atoms with Crippen molar-refractivity contribution in [3.8, 4) is 5.69 Å². The number of carboxylic acid groups (broad SMARTS) is 1. The van der Waals surface area contributed by atoms with Crippen molar-refractivity contribution in [1.29, 1.82) is 0 Å². The number of carboxylic acids is 1. The van der Waals surface area contributed by atoms with Crippen LogP contribution >= 0.6 is 11.8 Å². The van der Waals surface area contributed by atoms with E-state index >= 15 is 0 Å². The molecule has 110 valence electrons. The Morgan fingerprint density at radius 3 is 2.81 bits per heavy atom. The van der Waals surface area contributed by atoms with Crippen LogP contribution in [-0.4, -0.2) is 39.1 Å². The van der Waals surface area contributed by atoms with Gasteiger partial charge in [0.2, 0.25) is 6.41 Å². The molecular formula is C14H15N3O3S. The van der Waals surface area contributed by atoms with E-state index in [4.69, 9.17) is 5.11 Å². The third-order valence-corrected chi connectivity index (χ3v) is 3.84. The van der Waals surface area contributed by atoms with Crippen molar-refractivity contribution in [3.05, 3.63) is 48.3 Å². The molecule has 0 aliphatic heterocycles. The molecule has 0 bridgehead atoms. The lowest BCUT2D eigenvalue weighted by atomic mass is 10.3. The smallest absolute Gasteiger partial charge is 0.327 e. The van der Waals surface area contributed by atoms with Gasteiger partial charge in [0, 0.05) is 17.7 Å². The molecule has 2 rings (SSSR count). The number of aromatic nitrogens is 2. The largest absolute Gasteiger partial charge is 0.480 e. The Morgan fingerprint density at radius 1 is 1.38 bits per heavy atom. The van der Waals surface area contributed by atoms with Gasteiger partial charge in [-0.1, -0.05) is 18.2 Å². The highest BCUT2D eigenvalue weighted by atomic mass is 32.2. The van der Waals surface area contributed by atoms with Gasteiger partial charge in [0.25, 0.3) is 0 Å². The first-order chi connectivity index (χ1) is 10.2. The number of hydrogen-bond donors (Lipinski definition) is 2. The van der Waals surface area contributed by atoms with E-state index in [-0.39, 0.29) is 0 Å². The van der Waals surface area contributed by atoms with E-state index in [1.54, 1.807) is 4.68 Å². The molecule has 1 aromatic carbocycles. The summed E-state index contributed by atoms with van der Waals surface area (Å²) in [6.07, 6.45) is 2.27. The zero-order valence-electron chi connectivity index (χ0n) is 11.2. The molecule has 7 heteroatoms. The van der Waals surface area contributed by atoms with Gasteiger partial charge in [-0.05, 0) is 18.2 Å². The van der Waals surface area contributed by atoms with E-state index in [0.717, 1.165) is 11.4 Å². The summed E-state index contributed by atoms with van der Waals surface area (Å²) in [5, 5.41) is 15.6. The highest BCUT2D eigenvalue weighted by molar-refractivity contribution is 7.98. The van der Waals surface area contributed by atoms with Crippen molar-refractivity contribution in [3.63, 3.8) is 0 Å². The van der Waals surface area contributed by atoms with E-state index in [1.807, 2.05) is 42.6 Å². The fraction of sp³-hybridized carbons (Fsp3) is 0.214. The number of carbonyl (C=O) groups is 2. The summed E-state index contributed by atoms with van der Waals surface area (Å²) < 4.78 is 1.77. The zero-order valence-corrected chi connectivity index (χ0v) is 12.0. The van der Waals surface area contributed by atoms with Gasteiger partial charge in [0.1, 0.15) is 6.04 Å². The first kappa shape index (κ1) is 15.1. The van der Waals surface area contributed by atoms with Crippen LogP contribution in [0.5, 0.6) is 0 Å². The van der Waals surface area contributed by atoms with Crippen molar-refractivity contribution >= 4 is 24.1 Å². The first-order valence-electron chi connectivity index (χ1n) is 6.31. The van der Waals surface area contributed by atoms with Gasteiger partial charge in [-0.2, -0.15) is 16.9 Å². The Kier molecular flexibility index (Phi) is 5.39. The number of hydrogen-bond acceptors (Lipinski definition) is 4. The highest BCUT2D eigenvalue weighted by Crippen LogP contribution is 2.13. The number of benzene rings is 1. The molecule has 0 fully saturated rings. The molecule has 6 nitrogen and oxygen atoms in total. The normalized spacial score (nSPS) is 11.8. The third-order valence-electron chi connectivity index (χ3n) is 2.77. The molecule has 0 aliphatic rings. The van der Waals surface area contributed by atoms with Crippen molar-refractivity contribution in [2.24, 2.45) is 0 Å². The molecule has 1 unspecified atom stereocenters. The van der Waals surface area contributed by atoms with Crippen LogP contribution in [0.4, 0.5) is 0 Å². The second-order valence-electron chi connectivity index (χ2n) is 4.28. The summed E-state index contributed by atoms with van der Waals surface area (Å²) in [5.41, 5.74) is 1.83. The molecule has 2 aromatic rings. The molecule has 0 saturated heterocycles. The molecule has 2 N–H and O–H groups in total. The van der Waals surface area contributed by atoms with Crippen molar-refractivity contribution in [2.45, 2.75) is 11.8 Å². The maximum absolute atomic E-state index is 10.9. The number of para-hydroxylation sites is 1. The summed E-state index contributed by atoms with van der Waals surface area (Å²) in [7, 11) is 0. The van der Waals surface area contributed by atoms with Crippen LogP contribution in [0.2, 0.25) is 0 Å². The highest BCUT2D eigenvalue weighted by Gasteiger charge is 2.16. The number of nitrogens with zero attached hydrogens (tertiary/aromatic N) is 2. The van der Waals surface area contributed by atoms with Crippen LogP contribution < -0.4 is 5.32 Å². The number of carbonyl (C=O) groups excluding carboxylic acids is 1. The fourth-order valence-electron chi connectivity index (χ4n) is 1.72. The molecule has 21 heavy (non-hydrogen) atoms. The Balaban J connectivity index is 1.88. The van der Waals surface area contributed by atoms with Crippen LogP contribution in [0.1, 0.15) is 5.69 Å². The molecule has 1 aromatic heterocycles. The number of nitrogens with one attached hydrogen (secondary N) is 1. The molecule has 1 atom stereocenters. The van der Waals surface area contributed by atoms with E-state index in [0.29, 0.717) is 17.9 Å². The van der Waals surface area contributed by atoms with Crippen LogP contribution in [0.25, 0.3) is 5.69 Å². The Hall–Kier alpha value is -2.28. The van der Waals surface area contributed by atoms with Gasteiger partial charge in [-0.3, -0.25) is 4.79 Å². The fourth-order valence-corrected chi connectivity index (χ4v) is 2.67. The summed E-state index contributed by atoms with van der Waals surface area (Å²) in [5.74, 6) is -0.152. The molecule has 0 saturated carbocycles. The lowest BCUT2D eigenvalue weighted by Gasteiger charge is -2.09. The molecule has 1 heterocycles. The van der Waals surface area contributed by atoms with E-state index < -0.39 is 12.0 Å². The number of aliphatic carboxylic acids is 1. The van der Waals surface area contributed by atoms with Crippen molar-refractivity contribution in [2.75, 3.05) is 5.75 Å². The number of amides is 1. The van der Waals surface area contributed by atoms with Gasteiger partial charge in [-0.15, -0.1) is 0 Å². The minimum absolute atomic E-state index is 0.298. The Labute approximate surface area is 126 Å². The monoisotopic (exact) mass is 305 g/mol. The maximum atomic E-state index is 10.9. The Bertz CT molecular complexity index is 601. The Morgan fingerprint density at radius 2 is 2.14 bits per heavy atom. The summed E-state index contributed by atoms with van der Waals surface area (Å²) in [4.78, 5) is 21.2. The van der Waals surface area contributed by atoms with Crippen LogP contribution in [0, 0.1) is 0 Å². The van der Waals surface area contributed by atoms with Gasteiger partial charge < -0.3 is 10.4 Å². The quantitative estimate of drug-likeness (QED) is 0.718. The van der Waals surface area contributed by atoms with Gasteiger partial charge >= 0.3 is 5.97 Å². The lowest BCUT2D eigenvalue weighted by molar-refractivity contribution is -0.139. The molecule has 0 aliphatic carbocycles. The number of rotatable bonds is 8. The average Bonchev–Trinajstić information content (AvgIpc) is 2.96. The minimum Gasteiger partial charge on any atom is -0.480 e. The van der Waals surface area contributed by atoms with Gasteiger partial charge in [-0.25, -0.2) is 9.48 Å². The predicted octanol–water partition coefficient (Wildman–Crippen LogP) is 1.30. The van der Waals surface area contributed by atoms with Crippen molar-refractivity contribution in [1.82, 2.24) is 15.1 Å². The summed E-state index contributed by atoms with van der Waals surface area (Å²) in [6.45, 7) is 0. The predicted molar refractivity (Wildman–Crippen MR) is 80.3 cm³/mol. The second kappa shape index (κ2) is 7.49. The molecule has 0 radical (unpaired) electrons. The third kappa shape index (κ3) is 4.35. The van der Waals surface area contributed by atoms with Crippen LogP contribution in [0.15, 0.2) is 42.6 Å². The topological polar surface area (TPSA) is 84.2 Å². The summed E-state index contributed by atoms with van der Waals surface area (Å²) >= 11 is 1.41. The summed E-state index contributed by atoms with van der Waals surface area (Å²) in [6, 6.07) is 10.8. The first-order valence-corrected chi connectivity index (χ1v) is 7.46. The van der Waals surface area contributed by atoms with Gasteiger partial charge in [0.05, 0.1) is 11.4 Å². The lowest BCUT2D eigenvalue weighted by Crippen LogP contribution is -2.37. The second-order valence-corrected chi connectivity index (χ2v) is 5.31. The molecule has 1 amide bonds. The van der Waals surface area contributed by atoms with Crippen LogP contribution in [-0.2, 0) is 15.3 Å².